The molecule has 2 N–H and O–H groups in total. The van der Waals surface area contributed by atoms with E-state index in [9.17, 15) is 4.79 Å². The maximum atomic E-state index is 11.5. The first-order chi connectivity index (χ1) is 13.5. The second kappa shape index (κ2) is 8.79. The molecule has 0 bridgehead atoms. The molecule has 0 unspecified atom stereocenters. The highest BCUT2D eigenvalue weighted by atomic mass is 16.5. The highest BCUT2D eigenvalue weighted by molar-refractivity contribution is 5.89. The molecule has 0 spiro atoms. The molecule has 0 aliphatic carbocycles. The van der Waals surface area contributed by atoms with Gasteiger partial charge in [0.05, 0.1) is 19.4 Å². The molecular weight excluding hydrogens is 350 g/mol. The Morgan fingerprint density at radius 1 is 1.04 bits per heavy atom. The summed E-state index contributed by atoms with van der Waals surface area (Å²) in [5.41, 5.74) is 9.93. The van der Waals surface area contributed by atoms with Gasteiger partial charge in [-0.15, -0.1) is 0 Å². The van der Waals surface area contributed by atoms with Gasteiger partial charge >= 0.3 is 5.97 Å². The van der Waals surface area contributed by atoms with Crippen LogP contribution in [-0.2, 0) is 16.0 Å². The zero-order valence-corrected chi connectivity index (χ0v) is 16.7. The average molecular weight is 377 g/mol. The fourth-order valence-electron chi connectivity index (χ4n) is 3.19. The first-order valence-corrected chi connectivity index (χ1v) is 9.59. The van der Waals surface area contributed by atoms with Crippen LogP contribution < -0.4 is 10.5 Å². The molecule has 0 aliphatic heterocycles. The highest BCUT2D eigenvalue weighted by Crippen LogP contribution is 2.38. The zero-order chi connectivity index (χ0) is 20.1. The van der Waals surface area contributed by atoms with Gasteiger partial charge in [-0.2, -0.15) is 0 Å². The number of anilines is 1. The minimum atomic E-state index is -0.231. The van der Waals surface area contributed by atoms with Gasteiger partial charge in [0.1, 0.15) is 5.75 Å². The second-order valence-electron chi connectivity index (χ2n) is 7.40. The molecule has 0 saturated heterocycles. The first-order valence-electron chi connectivity index (χ1n) is 9.59. The highest BCUT2D eigenvalue weighted by Gasteiger charge is 2.15. The quantitative estimate of drug-likeness (QED) is 0.452. The molecule has 0 aliphatic rings. The summed E-state index contributed by atoms with van der Waals surface area (Å²) in [4.78, 5) is 11.5. The molecule has 0 radical (unpaired) electrons. The van der Waals surface area contributed by atoms with E-state index in [1.54, 1.807) is 0 Å². The Morgan fingerprint density at radius 2 is 1.79 bits per heavy atom. The van der Waals surface area contributed by atoms with Gasteiger partial charge in [0.15, 0.2) is 0 Å². The lowest BCUT2D eigenvalue weighted by atomic mass is 9.96. The predicted octanol–water partition coefficient (Wildman–Crippen LogP) is 5.23. The number of hydrogen-bond donors (Lipinski definition) is 1. The van der Waals surface area contributed by atoms with Crippen LogP contribution in [0, 0.1) is 5.92 Å². The second-order valence-corrected chi connectivity index (χ2v) is 7.40. The number of aryl methyl sites for hydroxylation is 1. The van der Waals surface area contributed by atoms with Gasteiger partial charge in [-0.05, 0) is 52.4 Å². The number of methoxy groups -OCH3 is 1. The van der Waals surface area contributed by atoms with Crippen molar-refractivity contribution in [1.29, 1.82) is 0 Å². The van der Waals surface area contributed by atoms with E-state index in [0.717, 1.165) is 22.1 Å². The van der Waals surface area contributed by atoms with Crippen LogP contribution in [0.3, 0.4) is 0 Å². The Balaban J connectivity index is 2.05. The normalized spacial score (nSPS) is 11.0. The van der Waals surface area contributed by atoms with E-state index in [1.165, 1.54) is 12.5 Å². The van der Waals surface area contributed by atoms with Crippen LogP contribution in [-0.4, -0.2) is 19.7 Å². The number of nitrogens with two attached hydrogens (primary N) is 1. The number of ether oxygens (including phenoxy) is 2. The van der Waals surface area contributed by atoms with Crippen LogP contribution in [0.15, 0.2) is 54.6 Å². The average Bonchev–Trinajstić information content (AvgIpc) is 2.70. The third kappa shape index (κ3) is 4.63. The van der Waals surface area contributed by atoms with E-state index >= 15 is 0 Å². The number of carbonyl (C=O) groups is 1. The predicted molar refractivity (Wildman–Crippen MR) is 114 cm³/mol. The van der Waals surface area contributed by atoms with Crippen molar-refractivity contribution in [1.82, 2.24) is 0 Å². The number of rotatable bonds is 7. The van der Waals surface area contributed by atoms with E-state index < -0.39 is 0 Å². The minimum absolute atomic E-state index is 0.231. The lowest BCUT2D eigenvalue weighted by Gasteiger charge is -2.18. The smallest absolute Gasteiger partial charge is 0.305 e. The van der Waals surface area contributed by atoms with Crippen molar-refractivity contribution in [3.05, 3.63) is 60.2 Å². The largest absolute Gasteiger partial charge is 0.491 e. The third-order valence-electron chi connectivity index (χ3n) is 4.64. The minimum Gasteiger partial charge on any atom is -0.491 e. The third-order valence-corrected chi connectivity index (χ3v) is 4.64. The van der Waals surface area contributed by atoms with Crippen LogP contribution in [0.25, 0.3) is 21.9 Å². The summed E-state index contributed by atoms with van der Waals surface area (Å²) in [5, 5.41) is 2.35. The summed E-state index contributed by atoms with van der Waals surface area (Å²) in [6.07, 6.45) is 0.890. The van der Waals surface area contributed by atoms with E-state index in [0.29, 0.717) is 36.8 Å². The van der Waals surface area contributed by atoms with E-state index in [1.807, 2.05) is 18.2 Å². The van der Waals surface area contributed by atoms with Gasteiger partial charge in [0.25, 0.3) is 0 Å². The van der Waals surface area contributed by atoms with Gasteiger partial charge in [0.2, 0.25) is 0 Å². The maximum Gasteiger partial charge on any atom is 0.305 e. The molecule has 0 aromatic heterocycles. The van der Waals surface area contributed by atoms with Gasteiger partial charge in [-0.1, -0.05) is 50.2 Å². The molecule has 28 heavy (non-hydrogen) atoms. The van der Waals surface area contributed by atoms with Crippen molar-refractivity contribution in [2.45, 2.75) is 26.7 Å². The molecular formula is C24H27NO3. The fraction of sp³-hybridized carbons (Fsp3) is 0.292. The SMILES string of the molecule is COC(=O)CCc1cc(N)c(OCC(C)C)c(-c2ccc3ccccc3c2)c1. The molecule has 0 saturated carbocycles. The van der Waals surface area contributed by atoms with Crippen LogP contribution in [0.4, 0.5) is 5.69 Å². The number of fused-ring (bicyclic) bond motifs is 1. The summed E-state index contributed by atoms with van der Waals surface area (Å²) in [6.45, 7) is 4.81. The summed E-state index contributed by atoms with van der Waals surface area (Å²) in [5.74, 6) is 0.861. The summed E-state index contributed by atoms with van der Waals surface area (Å²) >= 11 is 0. The molecule has 0 atom stereocenters. The summed E-state index contributed by atoms with van der Waals surface area (Å²) in [6, 6.07) is 18.6. The van der Waals surface area contributed by atoms with Crippen molar-refractivity contribution < 1.29 is 14.3 Å². The first kappa shape index (κ1) is 19.7. The van der Waals surface area contributed by atoms with E-state index in [2.05, 4.69) is 50.2 Å². The fourth-order valence-corrected chi connectivity index (χ4v) is 3.19. The monoisotopic (exact) mass is 377 g/mol. The number of hydrogen-bond acceptors (Lipinski definition) is 4. The lowest BCUT2D eigenvalue weighted by molar-refractivity contribution is -0.140. The lowest BCUT2D eigenvalue weighted by Crippen LogP contribution is -2.08. The van der Waals surface area contributed by atoms with Crippen molar-refractivity contribution in [2.75, 3.05) is 19.5 Å². The molecule has 0 amide bonds. The van der Waals surface area contributed by atoms with Crippen LogP contribution >= 0.6 is 0 Å². The van der Waals surface area contributed by atoms with Crippen molar-refractivity contribution in [3.8, 4) is 16.9 Å². The number of esters is 1. The van der Waals surface area contributed by atoms with Crippen molar-refractivity contribution in [2.24, 2.45) is 5.92 Å². The molecule has 3 aromatic rings. The number of nitrogen functional groups attached to an aromatic ring is 1. The Morgan fingerprint density at radius 3 is 2.50 bits per heavy atom. The number of benzene rings is 3. The van der Waals surface area contributed by atoms with Crippen molar-refractivity contribution in [3.63, 3.8) is 0 Å². The molecule has 0 heterocycles. The molecule has 3 rings (SSSR count). The number of carbonyl (C=O) groups excluding carboxylic acids is 1. The van der Waals surface area contributed by atoms with Crippen LogP contribution in [0.2, 0.25) is 0 Å². The molecule has 4 heteroatoms. The standard InChI is InChI=1S/C24H27NO3/c1-16(2)15-28-24-21(12-17(13-22(24)25)8-11-23(26)27-3)20-10-9-18-6-4-5-7-19(18)14-20/h4-7,9-10,12-14,16H,8,11,15,25H2,1-3H3. The van der Waals surface area contributed by atoms with Gasteiger partial charge < -0.3 is 15.2 Å². The molecule has 146 valence electrons. The van der Waals surface area contributed by atoms with E-state index in [-0.39, 0.29) is 5.97 Å². The topological polar surface area (TPSA) is 61.5 Å². The molecule has 0 fully saturated rings. The van der Waals surface area contributed by atoms with Crippen LogP contribution in [0.5, 0.6) is 5.75 Å². The van der Waals surface area contributed by atoms with Gasteiger partial charge in [-0.3, -0.25) is 4.79 Å². The van der Waals surface area contributed by atoms with Gasteiger partial charge in [-0.25, -0.2) is 0 Å². The molecule has 4 nitrogen and oxygen atoms in total. The van der Waals surface area contributed by atoms with Crippen molar-refractivity contribution >= 4 is 22.4 Å². The molecule has 3 aromatic carbocycles. The van der Waals surface area contributed by atoms with Crippen LogP contribution in [0.1, 0.15) is 25.8 Å². The zero-order valence-electron chi connectivity index (χ0n) is 16.7. The van der Waals surface area contributed by atoms with Gasteiger partial charge in [0, 0.05) is 12.0 Å². The Labute approximate surface area is 166 Å². The Hall–Kier alpha value is -3.01. The Bertz CT molecular complexity index is 979. The summed E-state index contributed by atoms with van der Waals surface area (Å²) < 4.78 is 10.8. The summed E-state index contributed by atoms with van der Waals surface area (Å²) in [7, 11) is 1.40. The maximum absolute atomic E-state index is 11.5. The van der Waals surface area contributed by atoms with E-state index in [4.69, 9.17) is 15.2 Å². The Kier molecular flexibility index (Phi) is 6.19.